The second-order valence-corrected chi connectivity index (χ2v) is 4.02. The van der Waals surface area contributed by atoms with Gasteiger partial charge in [-0.1, -0.05) is 0 Å². The average Bonchev–Trinajstić information content (AvgIpc) is 2.94. The van der Waals surface area contributed by atoms with E-state index >= 15 is 0 Å². The Morgan fingerprint density at radius 1 is 1.24 bits per heavy atom. The van der Waals surface area contributed by atoms with Crippen LogP contribution >= 0.6 is 0 Å². The molecule has 0 amide bonds. The van der Waals surface area contributed by atoms with Crippen LogP contribution in [0.2, 0.25) is 0 Å². The van der Waals surface area contributed by atoms with Gasteiger partial charge in [0.1, 0.15) is 17.3 Å². The molecule has 3 heterocycles. The number of nitrogens with zero attached hydrogens (tertiary/aromatic N) is 4. The summed E-state index contributed by atoms with van der Waals surface area (Å²) >= 11 is 0. The van der Waals surface area contributed by atoms with Gasteiger partial charge < -0.3 is 15.0 Å². The smallest absolute Gasteiger partial charge is 0.149 e. The number of anilines is 1. The Morgan fingerprint density at radius 3 is 2.88 bits per heavy atom. The van der Waals surface area contributed by atoms with Crippen molar-refractivity contribution in [3.8, 4) is 0 Å². The molecule has 2 aliphatic rings. The largest absolute Gasteiger partial charge is 0.378 e. The maximum absolute atomic E-state index is 5.33. The fourth-order valence-electron chi connectivity index (χ4n) is 1.98. The Kier molecular flexibility index (Phi) is 2.87. The van der Waals surface area contributed by atoms with Gasteiger partial charge in [-0.25, -0.2) is 4.98 Å². The number of hydrogen-bond donors (Lipinski definition) is 1. The quantitative estimate of drug-likeness (QED) is 0.757. The fourth-order valence-corrected chi connectivity index (χ4v) is 1.98. The van der Waals surface area contributed by atoms with Crippen molar-refractivity contribution in [3.05, 3.63) is 18.1 Å². The van der Waals surface area contributed by atoms with Crippen LogP contribution in [0, 0.1) is 0 Å². The molecule has 6 heteroatoms. The van der Waals surface area contributed by atoms with E-state index in [1.165, 1.54) is 0 Å². The summed E-state index contributed by atoms with van der Waals surface area (Å²) < 4.78 is 5.33. The van der Waals surface area contributed by atoms with Crippen molar-refractivity contribution in [2.45, 2.75) is 0 Å². The van der Waals surface area contributed by atoms with Gasteiger partial charge in [0, 0.05) is 19.6 Å². The molecule has 3 rings (SSSR count). The summed E-state index contributed by atoms with van der Waals surface area (Å²) in [7, 11) is 0. The van der Waals surface area contributed by atoms with Crippen molar-refractivity contribution in [2.75, 3.05) is 44.3 Å². The van der Waals surface area contributed by atoms with E-state index in [-0.39, 0.29) is 0 Å². The van der Waals surface area contributed by atoms with Crippen molar-refractivity contribution in [3.63, 3.8) is 0 Å². The third-order valence-electron chi connectivity index (χ3n) is 2.87. The van der Waals surface area contributed by atoms with E-state index in [4.69, 9.17) is 4.74 Å². The minimum Gasteiger partial charge on any atom is -0.378 e. The standard InChI is InChI=1S/C11H15N5O/c1-2-14-11(13-1)9-7-12-8-10(15-9)16-3-5-17-6-4-16/h7-8H,1-6H2,(H,13,14). The van der Waals surface area contributed by atoms with Gasteiger partial charge in [0.05, 0.1) is 32.2 Å². The lowest BCUT2D eigenvalue weighted by molar-refractivity contribution is 0.122. The van der Waals surface area contributed by atoms with Crippen molar-refractivity contribution < 1.29 is 4.74 Å². The Hall–Kier alpha value is -1.69. The molecule has 0 aromatic carbocycles. The van der Waals surface area contributed by atoms with E-state index in [0.717, 1.165) is 56.7 Å². The van der Waals surface area contributed by atoms with Crippen molar-refractivity contribution >= 4 is 11.7 Å². The summed E-state index contributed by atoms with van der Waals surface area (Å²) in [6, 6.07) is 0. The fraction of sp³-hybridized carbons (Fsp3) is 0.545. The Morgan fingerprint density at radius 2 is 2.12 bits per heavy atom. The Labute approximate surface area is 99.7 Å². The van der Waals surface area contributed by atoms with Gasteiger partial charge in [-0.2, -0.15) is 0 Å². The molecule has 2 aliphatic heterocycles. The normalized spacial score (nSPS) is 20.0. The molecule has 0 atom stereocenters. The highest BCUT2D eigenvalue weighted by molar-refractivity contribution is 5.98. The third-order valence-corrected chi connectivity index (χ3v) is 2.87. The van der Waals surface area contributed by atoms with Crippen LogP contribution in [-0.4, -0.2) is 55.2 Å². The highest BCUT2D eigenvalue weighted by Crippen LogP contribution is 2.12. The van der Waals surface area contributed by atoms with Crippen molar-refractivity contribution in [1.82, 2.24) is 15.3 Å². The molecule has 1 saturated heterocycles. The number of rotatable bonds is 2. The zero-order valence-electron chi connectivity index (χ0n) is 9.59. The van der Waals surface area contributed by atoms with Crippen LogP contribution in [0.25, 0.3) is 0 Å². The molecule has 0 aliphatic carbocycles. The molecule has 90 valence electrons. The van der Waals surface area contributed by atoms with E-state index < -0.39 is 0 Å². The first-order valence-corrected chi connectivity index (χ1v) is 5.87. The second kappa shape index (κ2) is 4.67. The van der Waals surface area contributed by atoms with Gasteiger partial charge in [-0.3, -0.25) is 9.98 Å². The van der Waals surface area contributed by atoms with E-state index in [9.17, 15) is 0 Å². The number of aliphatic imine (C=N–C) groups is 1. The van der Waals surface area contributed by atoms with Crippen LogP contribution in [0.15, 0.2) is 17.4 Å². The molecule has 6 nitrogen and oxygen atoms in total. The van der Waals surface area contributed by atoms with Crippen LogP contribution in [0.4, 0.5) is 5.82 Å². The summed E-state index contributed by atoms with van der Waals surface area (Å²) in [6.45, 7) is 4.96. The van der Waals surface area contributed by atoms with Gasteiger partial charge in [-0.15, -0.1) is 0 Å². The van der Waals surface area contributed by atoms with Crippen LogP contribution in [0.3, 0.4) is 0 Å². The lowest BCUT2D eigenvalue weighted by Gasteiger charge is -2.27. The zero-order valence-corrected chi connectivity index (χ0v) is 9.59. The van der Waals surface area contributed by atoms with E-state index in [2.05, 4.69) is 25.2 Å². The van der Waals surface area contributed by atoms with Gasteiger partial charge in [0.25, 0.3) is 0 Å². The second-order valence-electron chi connectivity index (χ2n) is 4.02. The Bertz CT molecular complexity index is 428. The van der Waals surface area contributed by atoms with Crippen molar-refractivity contribution in [2.24, 2.45) is 4.99 Å². The minimum absolute atomic E-state index is 0.755. The van der Waals surface area contributed by atoms with Gasteiger partial charge in [0.15, 0.2) is 0 Å². The van der Waals surface area contributed by atoms with Crippen molar-refractivity contribution in [1.29, 1.82) is 0 Å². The molecule has 1 N–H and O–H groups in total. The predicted octanol–water partition coefficient (Wildman–Crippen LogP) is -0.337. The molecule has 0 radical (unpaired) electrons. The highest BCUT2D eigenvalue weighted by atomic mass is 16.5. The van der Waals surface area contributed by atoms with Crippen LogP contribution in [0.5, 0.6) is 0 Å². The lowest BCUT2D eigenvalue weighted by Crippen LogP contribution is -2.37. The summed E-state index contributed by atoms with van der Waals surface area (Å²) in [4.78, 5) is 15.4. The molecule has 0 spiro atoms. The summed E-state index contributed by atoms with van der Waals surface area (Å²) in [5.74, 6) is 1.76. The molecule has 1 aromatic rings. The molecular weight excluding hydrogens is 218 g/mol. The number of morpholine rings is 1. The van der Waals surface area contributed by atoms with E-state index in [1.54, 1.807) is 12.4 Å². The molecule has 1 aromatic heterocycles. The topological polar surface area (TPSA) is 62.6 Å². The maximum Gasteiger partial charge on any atom is 0.149 e. The first-order valence-electron chi connectivity index (χ1n) is 5.87. The predicted molar refractivity (Wildman–Crippen MR) is 64.5 cm³/mol. The lowest BCUT2D eigenvalue weighted by atomic mass is 10.4. The van der Waals surface area contributed by atoms with E-state index in [1.807, 2.05) is 0 Å². The molecule has 0 saturated carbocycles. The summed E-state index contributed by atoms with van der Waals surface area (Å²) in [5, 5.41) is 3.21. The molecule has 1 fully saturated rings. The van der Waals surface area contributed by atoms with Crippen LogP contribution in [-0.2, 0) is 4.74 Å². The van der Waals surface area contributed by atoms with Crippen LogP contribution in [0.1, 0.15) is 5.69 Å². The zero-order chi connectivity index (χ0) is 11.5. The monoisotopic (exact) mass is 233 g/mol. The average molecular weight is 233 g/mol. The van der Waals surface area contributed by atoms with Crippen LogP contribution < -0.4 is 10.2 Å². The first-order chi connectivity index (χ1) is 8.43. The van der Waals surface area contributed by atoms with E-state index in [0.29, 0.717) is 0 Å². The van der Waals surface area contributed by atoms with Gasteiger partial charge in [-0.05, 0) is 0 Å². The third kappa shape index (κ3) is 2.21. The molecule has 17 heavy (non-hydrogen) atoms. The first kappa shape index (κ1) is 10.5. The summed E-state index contributed by atoms with van der Waals surface area (Å²) in [5.41, 5.74) is 0.825. The number of aromatic nitrogens is 2. The number of ether oxygens (including phenoxy) is 1. The number of amidine groups is 1. The number of nitrogens with one attached hydrogen (secondary N) is 1. The maximum atomic E-state index is 5.33. The molecule has 0 unspecified atom stereocenters. The SMILES string of the molecule is c1ncc(N2CCOCC2)nc1C1=NCCN1. The highest BCUT2D eigenvalue weighted by Gasteiger charge is 2.15. The minimum atomic E-state index is 0.755. The summed E-state index contributed by atoms with van der Waals surface area (Å²) in [6.07, 6.45) is 3.55. The molecule has 0 bridgehead atoms. The number of hydrogen-bond acceptors (Lipinski definition) is 6. The molecular formula is C11H15N5O. The van der Waals surface area contributed by atoms with Gasteiger partial charge >= 0.3 is 0 Å². The van der Waals surface area contributed by atoms with Gasteiger partial charge in [0.2, 0.25) is 0 Å². The Balaban J connectivity index is 1.82.